The number of rotatable bonds is 2. The monoisotopic (exact) mass is 267 g/mol. The molecule has 5 heteroatoms. The summed E-state index contributed by atoms with van der Waals surface area (Å²) in [5, 5.41) is 4.61. The van der Waals surface area contributed by atoms with Crippen LogP contribution in [-0.2, 0) is 14.1 Å². The molecule has 102 valence electrons. The van der Waals surface area contributed by atoms with Crippen molar-refractivity contribution in [3.63, 3.8) is 0 Å². The molecule has 0 bridgehead atoms. The first-order valence-corrected chi connectivity index (χ1v) is 6.98. The summed E-state index contributed by atoms with van der Waals surface area (Å²) in [6, 6.07) is 6.24. The van der Waals surface area contributed by atoms with Crippen LogP contribution in [-0.4, -0.2) is 24.3 Å². The average Bonchev–Trinajstić information content (AvgIpc) is 3.16. The van der Waals surface area contributed by atoms with Crippen LogP contribution in [0.4, 0.5) is 0 Å². The van der Waals surface area contributed by atoms with E-state index in [1.54, 1.807) is 0 Å². The normalized spacial score (nSPS) is 15.2. The van der Waals surface area contributed by atoms with E-state index in [2.05, 4.69) is 16.1 Å². The third-order valence-corrected chi connectivity index (χ3v) is 4.10. The van der Waals surface area contributed by atoms with Crippen molar-refractivity contribution in [3.8, 4) is 11.4 Å². The number of pyridine rings is 1. The number of hydrogen-bond donors (Lipinski definition) is 0. The van der Waals surface area contributed by atoms with E-state index in [9.17, 15) is 0 Å². The smallest absolute Gasteiger partial charge is 0.160 e. The van der Waals surface area contributed by atoms with Gasteiger partial charge >= 0.3 is 0 Å². The van der Waals surface area contributed by atoms with Crippen molar-refractivity contribution in [2.24, 2.45) is 14.1 Å². The molecule has 0 radical (unpaired) electrons. The average molecular weight is 267 g/mol. The van der Waals surface area contributed by atoms with Gasteiger partial charge in [0.05, 0.1) is 17.1 Å². The second kappa shape index (κ2) is 3.91. The van der Waals surface area contributed by atoms with Crippen LogP contribution in [0.5, 0.6) is 0 Å². The van der Waals surface area contributed by atoms with Gasteiger partial charge in [-0.2, -0.15) is 5.10 Å². The fraction of sp³-hybridized carbons (Fsp3) is 0.400. The Kier molecular flexibility index (Phi) is 2.28. The van der Waals surface area contributed by atoms with Crippen molar-refractivity contribution in [3.05, 3.63) is 29.7 Å². The van der Waals surface area contributed by atoms with E-state index >= 15 is 0 Å². The quantitative estimate of drug-likeness (QED) is 0.717. The van der Waals surface area contributed by atoms with Gasteiger partial charge in [-0.25, -0.2) is 9.97 Å². The number of hydrogen-bond acceptors (Lipinski definition) is 3. The molecule has 0 atom stereocenters. The van der Waals surface area contributed by atoms with Gasteiger partial charge in [0.2, 0.25) is 0 Å². The van der Waals surface area contributed by atoms with Crippen LogP contribution in [0.15, 0.2) is 18.2 Å². The molecule has 1 aliphatic carbocycles. The summed E-state index contributed by atoms with van der Waals surface area (Å²) in [6.07, 6.45) is 2.54. The first-order chi connectivity index (χ1) is 9.63. The van der Waals surface area contributed by atoms with Gasteiger partial charge in [0, 0.05) is 20.0 Å². The van der Waals surface area contributed by atoms with E-state index in [1.165, 1.54) is 18.5 Å². The number of aryl methyl sites for hydroxylation is 3. The maximum atomic E-state index is 4.76. The van der Waals surface area contributed by atoms with Gasteiger partial charge in [0.25, 0.3) is 0 Å². The molecule has 0 unspecified atom stereocenters. The molecule has 0 amide bonds. The molecule has 3 aromatic rings. The standard InChI is InChI=1S/C15H17N5/c1-9-16-12-7-6-11(17-15(12)19(9)2)14-8-13(10-4-5-10)18-20(14)3/h6-8,10H,4-5H2,1-3H3. The molecule has 0 aliphatic heterocycles. The van der Waals surface area contributed by atoms with E-state index in [0.717, 1.165) is 28.4 Å². The Labute approximate surface area is 117 Å². The van der Waals surface area contributed by atoms with Crippen molar-refractivity contribution < 1.29 is 0 Å². The predicted octanol–water partition coefficient (Wildman–Crippen LogP) is 2.55. The molecule has 0 saturated heterocycles. The fourth-order valence-electron chi connectivity index (χ4n) is 2.63. The minimum atomic E-state index is 0.664. The molecule has 1 saturated carbocycles. The summed E-state index contributed by atoms with van der Waals surface area (Å²) >= 11 is 0. The van der Waals surface area contributed by atoms with E-state index in [1.807, 2.05) is 42.4 Å². The first kappa shape index (κ1) is 11.6. The van der Waals surface area contributed by atoms with E-state index < -0.39 is 0 Å². The number of nitrogens with zero attached hydrogens (tertiary/aromatic N) is 5. The highest BCUT2D eigenvalue weighted by molar-refractivity contribution is 5.75. The van der Waals surface area contributed by atoms with Crippen molar-refractivity contribution in [1.29, 1.82) is 0 Å². The third-order valence-electron chi connectivity index (χ3n) is 4.10. The fourth-order valence-corrected chi connectivity index (χ4v) is 2.63. The minimum absolute atomic E-state index is 0.664. The van der Waals surface area contributed by atoms with Gasteiger partial charge in [0.1, 0.15) is 11.3 Å². The summed E-state index contributed by atoms with van der Waals surface area (Å²) in [7, 11) is 3.99. The molecule has 0 aromatic carbocycles. The Morgan fingerprint density at radius 2 is 1.95 bits per heavy atom. The van der Waals surface area contributed by atoms with Crippen molar-refractivity contribution in [1.82, 2.24) is 24.3 Å². The van der Waals surface area contributed by atoms with Crippen LogP contribution in [0, 0.1) is 6.92 Å². The predicted molar refractivity (Wildman–Crippen MR) is 77.4 cm³/mol. The zero-order valence-corrected chi connectivity index (χ0v) is 12.0. The second-order valence-corrected chi connectivity index (χ2v) is 5.61. The number of imidazole rings is 1. The lowest BCUT2D eigenvalue weighted by atomic mass is 10.2. The summed E-state index contributed by atoms with van der Waals surface area (Å²) in [4.78, 5) is 9.25. The van der Waals surface area contributed by atoms with Gasteiger partial charge < -0.3 is 4.57 Å². The summed E-state index contributed by atoms with van der Waals surface area (Å²) < 4.78 is 3.96. The van der Waals surface area contributed by atoms with Gasteiger partial charge in [-0.05, 0) is 38.0 Å². The lowest BCUT2D eigenvalue weighted by Gasteiger charge is -2.02. The van der Waals surface area contributed by atoms with E-state index in [-0.39, 0.29) is 0 Å². The second-order valence-electron chi connectivity index (χ2n) is 5.61. The van der Waals surface area contributed by atoms with Crippen molar-refractivity contribution in [2.75, 3.05) is 0 Å². The Balaban J connectivity index is 1.86. The highest BCUT2D eigenvalue weighted by Crippen LogP contribution is 2.40. The van der Waals surface area contributed by atoms with Crippen LogP contribution in [0.25, 0.3) is 22.6 Å². The highest BCUT2D eigenvalue weighted by atomic mass is 15.3. The van der Waals surface area contributed by atoms with Crippen LogP contribution in [0.1, 0.15) is 30.3 Å². The lowest BCUT2D eigenvalue weighted by molar-refractivity contribution is 0.748. The number of fused-ring (bicyclic) bond motifs is 1. The van der Waals surface area contributed by atoms with Gasteiger partial charge in [-0.1, -0.05) is 0 Å². The Bertz CT molecular complexity index is 807. The molecule has 0 spiro atoms. The maximum Gasteiger partial charge on any atom is 0.160 e. The minimum Gasteiger partial charge on any atom is -0.316 e. The molecule has 1 aliphatic rings. The van der Waals surface area contributed by atoms with E-state index in [4.69, 9.17) is 4.98 Å². The van der Waals surface area contributed by atoms with E-state index in [0.29, 0.717) is 5.92 Å². The maximum absolute atomic E-state index is 4.76. The topological polar surface area (TPSA) is 48.5 Å². The van der Waals surface area contributed by atoms with Crippen LogP contribution < -0.4 is 0 Å². The molecular formula is C15H17N5. The van der Waals surface area contributed by atoms with Crippen LogP contribution >= 0.6 is 0 Å². The summed E-state index contributed by atoms with van der Waals surface area (Å²) in [5.41, 5.74) is 5.10. The van der Waals surface area contributed by atoms with Gasteiger partial charge in [-0.15, -0.1) is 0 Å². The Morgan fingerprint density at radius 1 is 1.15 bits per heavy atom. The summed E-state index contributed by atoms with van der Waals surface area (Å²) in [5.74, 6) is 1.64. The molecule has 0 N–H and O–H groups in total. The molecule has 3 aromatic heterocycles. The Morgan fingerprint density at radius 3 is 2.70 bits per heavy atom. The largest absolute Gasteiger partial charge is 0.316 e. The molecule has 1 fully saturated rings. The first-order valence-electron chi connectivity index (χ1n) is 6.98. The van der Waals surface area contributed by atoms with Crippen LogP contribution in [0.2, 0.25) is 0 Å². The third kappa shape index (κ3) is 1.66. The molecule has 3 heterocycles. The molecule has 5 nitrogen and oxygen atoms in total. The summed E-state index contributed by atoms with van der Waals surface area (Å²) in [6.45, 7) is 2.00. The highest BCUT2D eigenvalue weighted by Gasteiger charge is 2.27. The molecular weight excluding hydrogens is 250 g/mol. The lowest BCUT2D eigenvalue weighted by Crippen LogP contribution is -1.97. The zero-order valence-electron chi connectivity index (χ0n) is 12.0. The number of aromatic nitrogens is 5. The van der Waals surface area contributed by atoms with Gasteiger partial charge in [-0.3, -0.25) is 4.68 Å². The zero-order chi connectivity index (χ0) is 13.9. The van der Waals surface area contributed by atoms with Crippen LogP contribution in [0.3, 0.4) is 0 Å². The molecule has 20 heavy (non-hydrogen) atoms. The Hall–Kier alpha value is -2.17. The van der Waals surface area contributed by atoms with Crippen molar-refractivity contribution in [2.45, 2.75) is 25.7 Å². The SMILES string of the molecule is Cc1nc2ccc(-c3cc(C4CC4)nn3C)nc2n1C. The van der Waals surface area contributed by atoms with Crippen molar-refractivity contribution >= 4 is 11.2 Å². The molecule has 4 rings (SSSR count). The van der Waals surface area contributed by atoms with Gasteiger partial charge in [0.15, 0.2) is 5.65 Å².